The standard InChI is InChI=1S/C17H26N2O/c1-12-5-4-6-17(13(12)2)18-11-15-7-9-16(10-8-15)19-14(3)20/h7-10,12-13,17-18H,4-6,11H2,1-3H3,(H,19,20)/t12-,13+,17-/m1/s1. The molecular weight excluding hydrogens is 248 g/mol. The third-order valence-electron chi connectivity index (χ3n) is 4.55. The highest BCUT2D eigenvalue weighted by molar-refractivity contribution is 5.88. The molecule has 2 rings (SSSR count). The van der Waals surface area contributed by atoms with Gasteiger partial charge in [0.2, 0.25) is 5.91 Å². The lowest BCUT2D eigenvalue weighted by Gasteiger charge is -2.34. The van der Waals surface area contributed by atoms with Gasteiger partial charge < -0.3 is 10.6 Å². The molecule has 0 aliphatic heterocycles. The summed E-state index contributed by atoms with van der Waals surface area (Å²) in [5, 5.41) is 6.48. The van der Waals surface area contributed by atoms with Gasteiger partial charge in [0, 0.05) is 25.2 Å². The van der Waals surface area contributed by atoms with Gasteiger partial charge in [-0.3, -0.25) is 4.79 Å². The Morgan fingerprint density at radius 1 is 1.20 bits per heavy atom. The Labute approximate surface area is 122 Å². The van der Waals surface area contributed by atoms with Gasteiger partial charge in [-0.1, -0.05) is 38.8 Å². The van der Waals surface area contributed by atoms with Crippen LogP contribution in [0.1, 0.15) is 45.6 Å². The summed E-state index contributed by atoms with van der Waals surface area (Å²) in [6.45, 7) is 7.16. The molecule has 1 fully saturated rings. The van der Waals surface area contributed by atoms with Crippen LogP contribution in [0.2, 0.25) is 0 Å². The van der Waals surface area contributed by atoms with Crippen LogP contribution in [-0.4, -0.2) is 11.9 Å². The summed E-state index contributed by atoms with van der Waals surface area (Å²) >= 11 is 0. The fraction of sp³-hybridized carbons (Fsp3) is 0.588. The number of benzene rings is 1. The summed E-state index contributed by atoms with van der Waals surface area (Å²) in [4.78, 5) is 11.0. The molecule has 0 unspecified atom stereocenters. The van der Waals surface area contributed by atoms with Crippen LogP contribution in [0, 0.1) is 11.8 Å². The fourth-order valence-electron chi connectivity index (χ4n) is 3.03. The molecule has 2 N–H and O–H groups in total. The Balaban J connectivity index is 1.86. The summed E-state index contributed by atoms with van der Waals surface area (Å²) in [6, 6.07) is 8.72. The smallest absolute Gasteiger partial charge is 0.221 e. The van der Waals surface area contributed by atoms with Gasteiger partial charge in [-0.15, -0.1) is 0 Å². The molecule has 0 heterocycles. The number of amides is 1. The number of hydrogen-bond acceptors (Lipinski definition) is 2. The molecule has 0 saturated heterocycles. The molecule has 1 saturated carbocycles. The van der Waals surface area contributed by atoms with Crippen LogP contribution in [-0.2, 0) is 11.3 Å². The SMILES string of the molecule is CC(=O)Nc1ccc(CN[C@@H]2CCC[C@@H](C)[C@@H]2C)cc1. The molecule has 1 amide bonds. The maximum absolute atomic E-state index is 11.0. The largest absolute Gasteiger partial charge is 0.326 e. The minimum atomic E-state index is -0.0270. The Morgan fingerprint density at radius 2 is 1.90 bits per heavy atom. The molecule has 3 heteroatoms. The van der Waals surface area contributed by atoms with E-state index < -0.39 is 0 Å². The molecule has 110 valence electrons. The molecule has 1 aliphatic carbocycles. The lowest BCUT2D eigenvalue weighted by molar-refractivity contribution is -0.114. The van der Waals surface area contributed by atoms with Gasteiger partial charge in [0.25, 0.3) is 0 Å². The summed E-state index contributed by atoms with van der Waals surface area (Å²) < 4.78 is 0. The summed E-state index contributed by atoms with van der Waals surface area (Å²) in [7, 11) is 0. The van der Waals surface area contributed by atoms with Crippen molar-refractivity contribution >= 4 is 11.6 Å². The molecule has 3 nitrogen and oxygen atoms in total. The van der Waals surface area contributed by atoms with Crippen molar-refractivity contribution in [2.75, 3.05) is 5.32 Å². The maximum atomic E-state index is 11.0. The summed E-state index contributed by atoms with van der Waals surface area (Å²) in [5.74, 6) is 1.55. The zero-order chi connectivity index (χ0) is 14.5. The Kier molecular flexibility index (Phi) is 5.18. The molecule has 0 aromatic heterocycles. The number of hydrogen-bond donors (Lipinski definition) is 2. The third kappa shape index (κ3) is 4.07. The first-order valence-corrected chi connectivity index (χ1v) is 7.66. The van der Waals surface area contributed by atoms with Crippen molar-refractivity contribution in [3.05, 3.63) is 29.8 Å². The van der Waals surface area contributed by atoms with Crippen LogP contribution in [0.3, 0.4) is 0 Å². The molecule has 0 bridgehead atoms. The molecular formula is C17H26N2O. The second-order valence-corrected chi connectivity index (χ2v) is 6.13. The zero-order valence-electron chi connectivity index (χ0n) is 12.8. The molecule has 1 aromatic rings. The van der Waals surface area contributed by atoms with Crippen LogP contribution < -0.4 is 10.6 Å². The summed E-state index contributed by atoms with van der Waals surface area (Å²) in [6.07, 6.45) is 3.99. The van der Waals surface area contributed by atoms with E-state index in [4.69, 9.17) is 0 Å². The highest BCUT2D eigenvalue weighted by atomic mass is 16.1. The van der Waals surface area contributed by atoms with Gasteiger partial charge in [-0.2, -0.15) is 0 Å². The van der Waals surface area contributed by atoms with Crippen LogP contribution in [0.15, 0.2) is 24.3 Å². The van der Waals surface area contributed by atoms with Crippen molar-refractivity contribution in [1.82, 2.24) is 5.32 Å². The minimum absolute atomic E-state index is 0.0270. The Morgan fingerprint density at radius 3 is 2.55 bits per heavy atom. The van der Waals surface area contributed by atoms with E-state index in [1.165, 1.54) is 31.7 Å². The first-order valence-electron chi connectivity index (χ1n) is 7.66. The monoisotopic (exact) mass is 274 g/mol. The fourth-order valence-corrected chi connectivity index (χ4v) is 3.03. The number of nitrogens with one attached hydrogen (secondary N) is 2. The quantitative estimate of drug-likeness (QED) is 0.881. The highest BCUT2D eigenvalue weighted by Gasteiger charge is 2.26. The normalized spacial score (nSPS) is 26.2. The van der Waals surface area contributed by atoms with Crippen molar-refractivity contribution in [3.63, 3.8) is 0 Å². The average Bonchev–Trinajstić information content (AvgIpc) is 2.41. The van der Waals surface area contributed by atoms with Gasteiger partial charge in [0.1, 0.15) is 0 Å². The van der Waals surface area contributed by atoms with Crippen LogP contribution >= 0.6 is 0 Å². The molecule has 3 atom stereocenters. The third-order valence-corrected chi connectivity index (χ3v) is 4.55. The van der Waals surface area contributed by atoms with Crippen molar-refractivity contribution < 1.29 is 4.79 Å². The topological polar surface area (TPSA) is 41.1 Å². The minimum Gasteiger partial charge on any atom is -0.326 e. The zero-order valence-corrected chi connectivity index (χ0v) is 12.8. The number of anilines is 1. The summed E-state index contributed by atoms with van der Waals surface area (Å²) in [5.41, 5.74) is 2.13. The lowest BCUT2D eigenvalue weighted by atomic mass is 9.78. The molecule has 1 aromatic carbocycles. The molecule has 0 spiro atoms. The molecule has 0 radical (unpaired) electrons. The maximum Gasteiger partial charge on any atom is 0.221 e. The van der Waals surface area contributed by atoms with Crippen LogP contribution in [0.5, 0.6) is 0 Å². The average molecular weight is 274 g/mol. The van der Waals surface area contributed by atoms with Crippen molar-refractivity contribution in [1.29, 1.82) is 0 Å². The predicted molar refractivity (Wildman–Crippen MR) is 83.6 cm³/mol. The second kappa shape index (κ2) is 6.89. The Bertz CT molecular complexity index is 441. The van der Waals surface area contributed by atoms with Crippen LogP contribution in [0.4, 0.5) is 5.69 Å². The number of carbonyl (C=O) groups is 1. The van der Waals surface area contributed by atoms with Crippen molar-refractivity contribution in [2.24, 2.45) is 11.8 Å². The molecule has 20 heavy (non-hydrogen) atoms. The van der Waals surface area contributed by atoms with E-state index in [2.05, 4.69) is 36.6 Å². The van der Waals surface area contributed by atoms with Crippen LogP contribution in [0.25, 0.3) is 0 Å². The van der Waals surface area contributed by atoms with Gasteiger partial charge in [0.05, 0.1) is 0 Å². The van der Waals surface area contributed by atoms with Gasteiger partial charge >= 0.3 is 0 Å². The van der Waals surface area contributed by atoms with E-state index in [1.54, 1.807) is 0 Å². The second-order valence-electron chi connectivity index (χ2n) is 6.13. The highest BCUT2D eigenvalue weighted by Crippen LogP contribution is 2.29. The first kappa shape index (κ1) is 15.0. The van der Waals surface area contributed by atoms with Crippen molar-refractivity contribution in [2.45, 2.75) is 52.6 Å². The number of carbonyl (C=O) groups excluding carboxylic acids is 1. The van der Waals surface area contributed by atoms with E-state index in [1.807, 2.05) is 12.1 Å². The Hall–Kier alpha value is -1.35. The molecule has 1 aliphatic rings. The predicted octanol–water partition coefficient (Wildman–Crippen LogP) is 3.56. The van der Waals surface area contributed by atoms with E-state index in [0.717, 1.165) is 24.1 Å². The number of rotatable bonds is 4. The van der Waals surface area contributed by atoms with Gasteiger partial charge in [-0.05, 0) is 36.0 Å². The van der Waals surface area contributed by atoms with E-state index in [-0.39, 0.29) is 5.91 Å². The van der Waals surface area contributed by atoms with Crippen molar-refractivity contribution in [3.8, 4) is 0 Å². The lowest BCUT2D eigenvalue weighted by Crippen LogP contribution is -2.40. The van der Waals surface area contributed by atoms with Gasteiger partial charge in [-0.25, -0.2) is 0 Å². The van der Waals surface area contributed by atoms with Gasteiger partial charge in [0.15, 0.2) is 0 Å². The van der Waals surface area contributed by atoms with E-state index in [9.17, 15) is 4.79 Å². The first-order chi connectivity index (χ1) is 9.56. The van der Waals surface area contributed by atoms with E-state index >= 15 is 0 Å². The van der Waals surface area contributed by atoms with E-state index in [0.29, 0.717) is 6.04 Å².